The maximum atomic E-state index is 14.0. The summed E-state index contributed by atoms with van der Waals surface area (Å²) in [5.41, 5.74) is 7.36. The molecule has 1 fully saturated rings. The Balaban J connectivity index is 0.000000257. The molecular weight excluding hydrogens is 1270 g/mol. The number of nitrogens with one attached hydrogen (secondary N) is 5. The van der Waals surface area contributed by atoms with Crippen molar-refractivity contribution in [1.29, 1.82) is 0 Å². The van der Waals surface area contributed by atoms with Crippen molar-refractivity contribution in [2.24, 2.45) is 0 Å². The summed E-state index contributed by atoms with van der Waals surface area (Å²) < 4.78 is 63.1. The summed E-state index contributed by atoms with van der Waals surface area (Å²) in [4.78, 5) is 87.9. The Morgan fingerprint density at radius 1 is 0.606 bits per heavy atom. The molecule has 0 bridgehead atoms. The number of ether oxygens (including phenoxy) is 4. The Labute approximate surface area is 570 Å². The molecule has 1 aliphatic heterocycles. The van der Waals surface area contributed by atoms with Crippen molar-refractivity contribution in [3.8, 4) is 11.3 Å². The number of fused-ring (bicyclic) bond motifs is 3. The van der Waals surface area contributed by atoms with E-state index in [4.69, 9.17) is 29.2 Å². The number of Topliss-reactive ketones (excluding diaryl/α,β-unsaturated/α-hetero) is 1. The van der Waals surface area contributed by atoms with Gasteiger partial charge in [0.2, 0.25) is 0 Å². The minimum atomic E-state index is -4.50. The molecule has 518 valence electrons. The van der Waals surface area contributed by atoms with E-state index in [1.807, 2.05) is 123 Å². The molecule has 7 N–H and O–H groups in total. The number of carbonyl (C=O) groups is 6. The standard InChI is InChI=1S/C48H49F3N6O6.C19H25NO4.C9H7NO2/c49-48(50,51)37-10-5-7-33(28-37)31-54-45(59)36-15-17-52-43(29-36)41-30-38(56-19-2-1-3-20-56)13-14-42(41)55-46(60)35-9-4-8-34(27-35)32-57-21-16-39-40(11-6-12-44(39)57)47(61)53-18-23-62-25-26-63-24-22-58;1-19(2,3)24-18(22)10-13-23-12-5-8-17(21)15-6-4-7-16-14(15)9-11-20-16;11-9(12)7-2-1-3-8-6(7)4-5-10-8/h4-17,21,27-30,58H,1-3,18-20,22-26,31-32H2,(H,53,61)(H,54,59)(H,55,60);4,6-7,9,11,20H,5,8,10,12-13H2,1-3H3;1-5,10H,(H,11,12). The molecule has 0 atom stereocenters. The van der Waals surface area contributed by atoms with Crippen LogP contribution in [0, 0.1) is 0 Å². The van der Waals surface area contributed by atoms with Crippen molar-refractivity contribution in [1.82, 2.24) is 30.2 Å². The second-order valence-electron chi connectivity index (χ2n) is 24.4. The van der Waals surface area contributed by atoms with Gasteiger partial charge in [0.1, 0.15) is 5.60 Å². The van der Waals surface area contributed by atoms with Crippen LogP contribution in [0.1, 0.15) is 128 Å². The normalized spacial score (nSPS) is 12.3. The molecule has 20 nitrogen and oxygen atoms in total. The largest absolute Gasteiger partial charge is 0.478 e. The highest BCUT2D eigenvalue weighted by Gasteiger charge is 2.30. The molecule has 0 spiro atoms. The molecule has 99 heavy (non-hydrogen) atoms. The molecular formula is C76H81F3N8O12. The number of aromatic amines is 2. The van der Waals surface area contributed by atoms with Crippen LogP contribution in [0.5, 0.6) is 0 Å². The quantitative estimate of drug-likeness (QED) is 0.0143. The summed E-state index contributed by atoms with van der Waals surface area (Å²) in [7, 11) is 0. The first-order chi connectivity index (χ1) is 47.7. The van der Waals surface area contributed by atoms with E-state index in [-0.39, 0.29) is 55.3 Å². The molecule has 3 amide bonds. The number of aliphatic hydroxyl groups is 1. The number of hydrogen-bond donors (Lipinski definition) is 7. The molecule has 6 aromatic carbocycles. The van der Waals surface area contributed by atoms with Gasteiger partial charge in [-0.1, -0.05) is 48.5 Å². The Hall–Kier alpha value is -10.5. The lowest BCUT2D eigenvalue weighted by atomic mass is 10.0. The lowest BCUT2D eigenvalue weighted by Gasteiger charge is -2.29. The molecule has 10 aromatic rings. The van der Waals surface area contributed by atoms with E-state index in [1.165, 1.54) is 24.4 Å². The number of aliphatic hydroxyl groups excluding tert-OH is 1. The van der Waals surface area contributed by atoms with E-state index in [0.29, 0.717) is 98.2 Å². The summed E-state index contributed by atoms with van der Waals surface area (Å²) in [6.45, 7) is 9.95. The number of H-pyrrole nitrogens is 2. The van der Waals surface area contributed by atoms with E-state index in [0.717, 1.165) is 94.0 Å². The average Bonchev–Trinajstić information content (AvgIpc) is 1.32. The Kier molecular flexibility index (Phi) is 25.9. The van der Waals surface area contributed by atoms with Gasteiger partial charge in [-0.05, 0) is 161 Å². The third kappa shape index (κ3) is 21.0. The zero-order chi connectivity index (χ0) is 70.3. The van der Waals surface area contributed by atoms with Crippen LogP contribution in [0.2, 0.25) is 0 Å². The second-order valence-corrected chi connectivity index (χ2v) is 24.4. The van der Waals surface area contributed by atoms with Gasteiger partial charge in [0.25, 0.3) is 17.7 Å². The zero-order valence-corrected chi connectivity index (χ0v) is 55.4. The number of hydrogen-bond acceptors (Lipinski definition) is 13. The third-order valence-electron chi connectivity index (χ3n) is 16.0. The Morgan fingerprint density at radius 2 is 1.27 bits per heavy atom. The molecule has 5 heterocycles. The minimum absolute atomic E-state index is 0.0467. The number of aromatic nitrogens is 4. The minimum Gasteiger partial charge on any atom is -0.478 e. The lowest BCUT2D eigenvalue weighted by molar-refractivity contribution is -0.156. The van der Waals surface area contributed by atoms with Gasteiger partial charge in [0.05, 0.1) is 68.6 Å². The van der Waals surface area contributed by atoms with Crippen molar-refractivity contribution in [3.63, 3.8) is 0 Å². The van der Waals surface area contributed by atoms with E-state index in [2.05, 4.69) is 35.8 Å². The number of carbonyl (C=O) groups excluding carboxylic acids is 5. The van der Waals surface area contributed by atoms with Crippen LogP contribution >= 0.6 is 0 Å². The van der Waals surface area contributed by atoms with Gasteiger partial charge >= 0.3 is 18.1 Å². The van der Waals surface area contributed by atoms with Crippen molar-refractivity contribution in [3.05, 3.63) is 221 Å². The number of amides is 3. The first-order valence-electron chi connectivity index (χ1n) is 32.7. The highest BCUT2D eigenvalue weighted by molar-refractivity contribution is 6.09. The number of alkyl halides is 3. The predicted molar refractivity (Wildman–Crippen MR) is 373 cm³/mol. The summed E-state index contributed by atoms with van der Waals surface area (Å²) in [6, 6.07) is 43.0. The smallest absolute Gasteiger partial charge is 0.416 e. The van der Waals surface area contributed by atoms with Crippen molar-refractivity contribution < 1.29 is 71.1 Å². The number of rotatable bonds is 27. The van der Waals surface area contributed by atoms with Crippen LogP contribution < -0.4 is 20.9 Å². The average molecular weight is 1360 g/mol. The fourth-order valence-electron chi connectivity index (χ4n) is 11.3. The molecule has 4 aromatic heterocycles. The van der Waals surface area contributed by atoms with Gasteiger partial charge in [0, 0.05) is 137 Å². The maximum absolute atomic E-state index is 14.0. The summed E-state index contributed by atoms with van der Waals surface area (Å²) >= 11 is 0. The highest BCUT2D eigenvalue weighted by Crippen LogP contribution is 2.34. The predicted octanol–water partition coefficient (Wildman–Crippen LogP) is 13.4. The molecule has 0 saturated carbocycles. The fraction of sp³-hybridized carbons (Fsp3) is 0.303. The molecule has 11 rings (SSSR count). The summed E-state index contributed by atoms with van der Waals surface area (Å²) in [5, 5.41) is 28.8. The first kappa shape index (κ1) is 72.8. The number of carboxylic acid groups (broad SMARTS) is 1. The van der Waals surface area contributed by atoms with Crippen LogP contribution in [0.4, 0.5) is 24.5 Å². The Bertz CT molecular complexity index is 4400. The molecule has 0 aliphatic carbocycles. The van der Waals surface area contributed by atoms with Crippen LogP contribution in [0.3, 0.4) is 0 Å². The van der Waals surface area contributed by atoms with Gasteiger partial charge < -0.3 is 64.5 Å². The topological polar surface area (TPSA) is 269 Å². The van der Waals surface area contributed by atoms with Gasteiger partial charge in [-0.2, -0.15) is 13.2 Å². The number of benzene rings is 6. The van der Waals surface area contributed by atoms with Crippen molar-refractivity contribution in [2.45, 2.75) is 84.2 Å². The molecule has 1 aliphatic rings. The number of halogens is 3. The second kappa shape index (κ2) is 35.2. The van der Waals surface area contributed by atoms with E-state index in [1.54, 1.807) is 42.6 Å². The first-order valence-corrected chi connectivity index (χ1v) is 32.7. The summed E-state index contributed by atoms with van der Waals surface area (Å²) in [5.74, 6) is -2.11. The number of pyridine rings is 1. The van der Waals surface area contributed by atoms with Gasteiger partial charge in [0.15, 0.2) is 5.78 Å². The monoisotopic (exact) mass is 1350 g/mol. The highest BCUT2D eigenvalue weighted by atomic mass is 19.4. The fourth-order valence-corrected chi connectivity index (χ4v) is 11.3. The third-order valence-corrected chi connectivity index (χ3v) is 16.0. The number of carboxylic acids is 1. The number of esters is 1. The number of anilines is 2. The van der Waals surface area contributed by atoms with E-state index >= 15 is 0 Å². The Morgan fingerprint density at radius 3 is 2.00 bits per heavy atom. The number of piperidine rings is 1. The number of nitrogens with zero attached hydrogens (tertiary/aromatic N) is 3. The molecule has 23 heteroatoms. The van der Waals surface area contributed by atoms with Crippen molar-refractivity contribution >= 4 is 79.5 Å². The van der Waals surface area contributed by atoms with E-state index < -0.39 is 29.2 Å². The summed E-state index contributed by atoms with van der Waals surface area (Å²) in [6.07, 6.45) is 7.02. The maximum Gasteiger partial charge on any atom is 0.416 e. The van der Waals surface area contributed by atoms with Crippen LogP contribution in [0.25, 0.3) is 44.0 Å². The lowest BCUT2D eigenvalue weighted by Crippen LogP contribution is -2.29. The molecule has 0 radical (unpaired) electrons. The number of aromatic carboxylic acids is 1. The van der Waals surface area contributed by atoms with Gasteiger partial charge in [-0.25, -0.2) is 4.79 Å². The number of ketones is 1. The SMILES string of the molecule is CC(C)(C)OC(=O)CCOCCCC(=O)c1cccc2[nH]ccc12.O=C(NCc1cccc(C(F)(F)F)c1)c1ccnc(-c2cc(N3CCCCC3)ccc2NC(=O)c2cccc(Cn3ccc4c(C(=O)NCCOCCOCCO)cccc43)c2)c1.O=C(O)c1cccc2[nH]ccc12. The molecule has 1 saturated heterocycles. The van der Waals surface area contributed by atoms with Crippen molar-refractivity contribution in [2.75, 3.05) is 76.1 Å². The zero-order valence-electron chi connectivity index (χ0n) is 55.4. The molecule has 0 unspecified atom stereocenters. The van der Waals surface area contributed by atoms with Gasteiger partial charge in [-0.3, -0.25) is 29.0 Å². The van der Waals surface area contributed by atoms with Crippen LogP contribution in [-0.4, -0.2) is 137 Å². The van der Waals surface area contributed by atoms with Crippen LogP contribution in [0.15, 0.2) is 176 Å². The van der Waals surface area contributed by atoms with Gasteiger partial charge in [-0.15, -0.1) is 0 Å². The van der Waals surface area contributed by atoms with Crippen LogP contribution in [-0.2, 0) is 43.0 Å². The van der Waals surface area contributed by atoms with E-state index in [9.17, 15) is 41.9 Å².